The van der Waals surface area contributed by atoms with Gasteiger partial charge < -0.3 is 0 Å². The first-order valence-electron chi connectivity index (χ1n) is 2.86. The van der Waals surface area contributed by atoms with Crippen molar-refractivity contribution in [2.24, 2.45) is 7.05 Å². The maximum atomic E-state index is 3.73. The van der Waals surface area contributed by atoms with Crippen LogP contribution in [0, 0.1) is 0 Å². The molecular formula is C4H10N5+. The second-order valence-electron chi connectivity index (χ2n) is 2.17. The Bertz CT molecular complexity index is 191. The quantitative estimate of drug-likeness (QED) is 0.459. The lowest BCUT2D eigenvalue weighted by molar-refractivity contribution is -0.813. The van der Waals surface area contributed by atoms with Gasteiger partial charge in [0.2, 0.25) is 10.4 Å². The molecule has 5 heteroatoms. The fraction of sp³-hybridized carbons (Fsp3) is 1.00. The number of aryl methyl sites for hydroxylation is 1. The van der Waals surface area contributed by atoms with Gasteiger partial charge in [0.1, 0.15) is 12.3 Å². The van der Waals surface area contributed by atoms with Crippen molar-refractivity contribution in [3.8, 4) is 0 Å². The first kappa shape index (κ1) is 6.12. The van der Waals surface area contributed by atoms with Crippen molar-refractivity contribution < 1.29 is 4.80 Å². The Morgan fingerprint density at radius 1 is 1.44 bits per heavy atom. The van der Waals surface area contributed by atoms with E-state index in [0.29, 0.717) is 6.04 Å². The zero-order chi connectivity index (χ0) is 6.85. The molecule has 0 aliphatic rings. The van der Waals surface area contributed by atoms with E-state index >= 15 is 0 Å². The predicted octanol–water partition coefficient (Wildman–Crippen LogP) is -0.922. The van der Waals surface area contributed by atoms with Crippen LogP contribution in [-0.4, -0.2) is 20.4 Å². The molecule has 0 spiro atoms. The molecule has 1 aromatic heterocycles. The van der Waals surface area contributed by atoms with Gasteiger partial charge in [0.25, 0.3) is 0 Å². The highest BCUT2D eigenvalue weighted by atomic mass is 15.8. The van der Waals surface area contributed by atoms with Gasteiger partial charge in [0.05, 0.1) is 6.04 Å². The lowest BCUT2D eigenvalue weighted by atomic mass is 10.4. The summed E-state index contributed by atoms with van der Waals surface area (Å²) in [5, 5.41) is 10.9. The van der Waals surface area contributed by atoms with Gasteiger partial charge in [-0.15, -0.1) is 0 Å². The van der Waals surface area contributed by atoms with E-state index in [1.165, 1.54) is 0 Å². The number of hydrogen-bond donors (Lipinski definition) is 0. The van der Waals surface area contributed by atoms with Gasteiger partial charge >= 0.3 is 0 Å². The molecule has 5 nitrogen and oxygen atoms in total. The van der Waals surface area contributed by atoms with Crippen molar-refractivity contribution in [2.45, 2.75) is 19.9 Å². The SMILES string of the molecule is CC(C)n1nnn[n+]1C. The highest BCUT2D eigenvalue weighted by Crippen LogP contribution is 1.91. The van der Waals surface area contributed by atoms with Gasteiger partial charge in [0.15, 0.2) is 0 Å². The van der Waals surface area contributed by atoms with E-state index in [2.05, 4.69) is 15.6 Å². The summed E-state index contributed by atoms with van der Waals surface area (Å²) in [7, 11) is 1.81. The Labute approximate surface area is 53.2 Å². The molecule has 0 amide bonds. The van der Waals surface area contributed by atoms with Crippen molar-refractivity contribution in [1.29, 1.82) is 0 Å². The monoisotopic (exact) mass is 128 g/mol. The fourth-order valence-electron chi connectivity index (χ4n) is 0.653. The van der Waals surface area contributed by atoms with Gasteiger partial charge in [-0.05, 0) is 18.6 Å². The molecule has 0 atom stereocenters. The largest absolute Gasteiger partial charge is 0.231 e. The van der Waals surface area contributed by atoms with Gasteiger partial charge in [-0.1, -0.05) is 4.80 Å². The molecule has 1 rings (SSSR count). The number of aromatic nitrogens is 5. The topological polar surface area (TPSA) is 47.5 Å². The van der Waals surface area contributed by atoms with Crippen LogP contribution in [0.4, 0.5) is 0 Å². The van der Waals surface area contributed by atoms with Gasteiger partial charge in [-0.2, -0.15) is 0 Å². The Hall–Kier alpha value is -1.00. The molecule has 1 heterocycles. The molecular weight excluding hydrogens is 118 g/mol. The van der Waals surface area contributed by atoms with Crippen molar-refractivity contribution in [3.05, 3.63) is 0 Å². The summed E-state index contributed by atoms with van der Waals surface area (Å²) in [6.45, 7) is 4.05. The highest BCUT2D eigenvalue weighted by Gasteiger charge is 2.09. The van der Waals surface area contributed by atoms with E-state index in [-0.39, 0.29) is 0 Å². The first-order valence-corrected chi connectivity index (χ1v) is 2.86. The van der Waals surface area contributed by atoms with Crippen LogP contribution in [-0.2, 0) is 7.05 Å². The van der Waals surface area contributed by atoms with E-state index in [1.54, 1.807) is 16.6 Å². The molecule has 0 bridgehead atoms. The minimum absolute atomic E-state index is 0.324. The lowest BCUT2D eigenvalue weighted by Crippen LogP contribution is -2.43. The fourth-order valence-corrected chi connectivity index (χ4v) is 0.653. The van der Waals surface area contributed by atoms with Gasteiger partial charge in [0, 0.05) is 0 Å². The van der Waals surface area contributed by atoms with Crippen LogP contribution in [0.15, 0.2) is 0 Å². The van der Waals surface area contributed by atoms with E-state index in [0.717, 1.165) is 0 Å². The first-order chi connectivity index (χ1) is 4.22. The normalized spacial score (nSPS) is 10.7. The third kappa shape index (κ3) is 1.04. The van der Waals surface area contributed by atoms with Crippen molar-refractivity contribution in [1.82, 2.24) is 20.4 Å². The zero-order valence-electron chi connectivity index (χ0n) is 5.81. The second kappa shape index (κ2) is 2.08. The molecule has 0 unspecified atom stereocenters. The summed E-state index contributed by atoms with van der Waals surface area (Å²) in [5.41, 5.74) is 0. The number of nitrogens with zero attached hydrogens (tertiary/aromatic N) is 5. The molecule has 0 fully saturated rings. The maximum absolute atomic E-state index is 3.73. The summed E-state index contributed by atoms with van der Waals surface area (Å²) in [5.74, 6) is 0. The van der Waals surface area contributed by atoms with Crippen LogP contribution in [0.3, 0.4) is 0 Å². The standard InChI is InChI=1S/C4H10N5/c1-4(2)9-7-5-6-8(9)3/h4H,1-3H3/q+1. The van der Waals surface area contributed by atoms with E-state index in [1.807, 2.05) is 13.8 Å². The minimum Gasteiger partial charge on any atom is -0.0688 e. The van der Waals surface area contributed by atoms with Crippen molar-refractivity contribution >= 4 is 0 Å². The van der Waals surface area contributed by atoms with Crippen LogP contribution in [0.2, 0.25) is 0 Å². The third-order valence-corrected chi connectivity index (χ3v) is 1.06. The van der Waals surface area contributed by atoms with Crippen molar-refractivity contribution in [3.63, 3.8) is 0 Å². The summed E-state index contributed by atoms with van der Waals surface area (Å²) in [6.07, 6.45) is 0. The van der Waals surface area contributed by atoms with Crippen LogP contribution < -0.4 is 4.80 Å². The molecule has 0 saturated carbocycles. The van der Waals surface area contributed by atoms with Gasteiger partial charge in [-0.3, -0.25) is 0 Å². The second-order valence-corrected chi connectivity index (χ2v) is 2.17. The summed E-state index contributed by atoms with van der Waals surface area (Å²) in [6, 6.07) is 0.324. The molecule has 0 aromatic carbocycles. The van der Waals surface area contributed by atoms with Crippen LogP contribution in [0.1, 0.15) is 19.9 Å². The van der Waals surface area contributed by atoms with E-state index < -0.39 is 0 Å². The number of rotatable bonds is 1. The summed E-state index contributed by atoms with van der Waals surface area (Å²) in [4.78, 5) is 3.30. The predicted molar refractivity (Wildman–Crippen MR) is 29.4 cm³/mol. The maximum Gasteiger partial charge on any atom is 0.231 e. The molecule has 0 radical (unpaired) electrons. The molecule has 0 aliphatic carbocycles. The summed E-state index contributed by atoms with van der Waals surface area (Å²) >= 11 is 0. The molecule has 9 heavy (non-hydrogen) atoms. The van der Waals surface area contributed by atoms with E-state index in [4.69, 9.17) is 0 Å². The van der Waals surface area contributed by atoms with Crippen LogP contribution >= 0.6 is 0 Å². The Morgan fingerprint density at radius 3 is 2.33 bits per heavy atom. The Balaban J connectivity index is 2.94. The van der Waals surface area contributed by atoms with Crippen molar-refractivity contribution in [2.75, 3.05) is 0 Å². The Morgan fingerprint density at radius 2 is 2.11 bits per heavy atom. The third-order valence-electron chi connectivity index (χ3n) is 1.06. The average Bonchev–Trinajstić information content (AvgIpc) is 2.13. The molecule has 1 aromatic rings. The van der Waals surface area contributed by atoms with Gasteiger partial charge in [-0.25, -0.2) is 0 Å². The summed E-state index contributed by atoms with van der Waals surface area (Å²) < 4.78 is 0. The minimum atomic E-state index is 0.324. The average molecular weight is 128 g/mol. The highest BCUT2D eigenvalue weighted by molar-refractivity contribution is 4.33. The Kier molecular flexibility index (Phi) is 1.42. The van der Waals surface area contributed by atoms with E-state index in [9.17, 15) is 0 Å². The molecule has 50 valence electrons. The smallest absolute Gasteiger partial charge is 0.0688 e. The molecule has 0 N–H and O–H groups in total. The zero-order valence-corrected chi connectivity index (χ0v) is 5.81. The molecule has 0 saturated heterocycles. The molecule has 0 aliphatic heterocycles. The number of hydrogen-bond acceptors (Lipinski definition) is 3. The van der Waals surface area contributed by atoms with Crippen LogP contribution in [0.5, 0.6) is 0 Å². The lowest BCUT2D eigenvalue weighted by Gasteiger charge is -1.95. The van der Waals surface area contributed by atoms with Crippen LogP contribution in [0.25, 0.3) is 0 Å².